The summed E-state index contributed by atoms with van der Waals surface area (Å²) in [6.07, 6.45) is 0. The summed E-state index contributed by atoms with van der Waals surface area (Å²) in [6, 6.07) is 13.7. The van der Waals surface area contributed by atoms with E-state index in [0.29, 0.717) is 12.4 Å². The normalized spacial score (nSPS) is 14.6. The number of guanidine groups is 1. The number of para-hydroxylation sites is 1. The monoisotopic (exact) mass is 501 g/mol. The minimum atomic E-state index is 0. The molecule has 3 rings (SSSR count). The van der Waals surface area contributed by atoms with Crippen molar-refractivity contribution in [2.24, 2.45) is 4.99 Å². The Morgan fingerprint density at radius 3 is 2.56 bits per heavy atom. The molecule has 0 radical (unpaired) electrons. The molecule has 0 aliphatic carbocycles. The van der Waals surface area contributed by atoms with Crippen LogP contribution >= 0.6 is 35.6 Å². The van der Waals surface area contributed by atoms with E-state index in [2.05, 4.69) is 31.2 Å². The van der Waals surface area contributed by atoms with E-state index in [1.807, 2.05) is 43.4 Å². The minimum Gasteiger partial charge on any atom is -0.481 e. The van der Waals surface area contributed by atoms with Crippen LogP contribution < -0.4 is 15.0 Å². The molecule has 1 saturated heterocycles. The average molecular weight is 502 g/mol. The van der Waals surface area contributed by atoms with Crippen molar-refractivity contribution in [3.05, 3.63) is 53.2 Å². The highest BCUT2D eigenvalue weighted by Gasteiger charge is 2.21. The maximum Gasteiger partial charge on any atom is 0.213 e. The summed E-state index contributed by atoms with van der Waals surface area (Å²) in [5.41, 5.74) is 2.01. The average Bonchev–Trinajstić information content (AvgIpc) is 2.69. The van der Waals surface area contributed by atoms with E-state index >= 15 is 0 Å². The van der Waals surface area contributed by atoms with E-state index in [1.165, 1.54) is 0 Å². The Labute approximate surface area is 182 Å². The quantitative estimate of drug-likeness (QED) is 0.396. The molecule has 1 aliphatic rings. The molecule has 1 aromatic heterocycles. The van der Waals surface area contributed by atoms with Gasteiger partial charge < -0.3 is 19.9 Å². The zero-order chi connectivity index (χ0) is 18.4. The van der Waals surface area contributed by atoms with Gasteiger partial charge in [0.2, 0.25) is 5.88 Å². The number of anilines is 1. The molecule has 1 fully saturated rings. The molecule has 0 saturated carbocycles. The third-order valence-corrected chi connectivity index (χ3v) is 4.72. The first-order chi connectivity index (χ1) is 12.7. The standard InChI is InChI=1S/C19H24ClN5O.HI/c1-21-19(22-14-15-6-5-9-18(23-15)26-2)25-12-10-24(11-13-25)17-8-4-3-7-16(17)20;/h3-9H,10-14H2,1-2H3,(H,21,22);1H. The van der Waals surface area contributed by atoms with Gasteiger partial charge in [-0.05, 0) is 18.2 Å². The smallest absolute Gasteiger partial charge is 0.213 e. The molecule has 146 valence electrons. The van der Waals surface area contributed by atoms with Crippen LogP contribution in [0.5, 0.6) is 5.88 Å². The third kappa shape index (κ3) is 5.62. The van der Waals surface area contributed by atoms with E-state index in [0.717, 1.165) is 48.5 Å². The predicted molar refractivity (Wildman–Crippen MR) is 122 cm³/mol. The summed E-state index contributed by atoms with van der Waals surface area (Å²) in [5, 5.41) is 4.18. The Morgan fingerprint density at radius 1 is 1.15 bits per heavy atom. The van der Waals surface area contributed by atoms with Crippen LogP contribution in [0.2, 0.25) is 5.02 Å². The summed E-state index contributed by atoms with van der Waals surface area (Å²) < 4.78 is 5.17. The number of aliphatic imine (C=N–C) groups is 1. The second-order valence-electron chi connectivity index (χ2n) is 6.00. The number of nitrogens with one attached hydrogen (secondary N) is 1. The molecule has 0 unspecified atom stereocenters. The number of hydrogen-bond acceptors (Lipinski definition) is 4. The van der Waals surface area contributed by atoms with Crippen molar-refractivity contribution >= 4 is 47.2 Å². The Balaban J connectivity index is 0.00000261. The number of rotatable bonds is 4. The minimum absolute atomic E-state index is 0. The van der Waals surface area contributed by atoms with Gasteiger partial charge in [-0.15, -0.1) is 24.0 Å². The molecule has 27 heavy (non-hydrogen) atoms. The lowest BCUT2D eigenvalue weighted by atomic mass is 10.2. The first-order valence-electron chi connectivity index (χ1n) is 8.66. The van der Waals surface area contributed by atoms with Crippen LogP contribution in [0.15, 0.2) is 47.5 Å². The SMILES string of the molecule is CN=C(NCc1cccc(OC)n1)N1CCN(c2ccccc2Cl)CC1.I. The van der Waals surface area contributed by atoms with Gasteiger partial charge in [-0.25, -0.2) is 4.98 Å². The number of benzene rings is 1. The zero-order valence-electron chi connectivity index (χ0n) is 15.6. The van der Waals surface area contributed by atoms with E-state index in [-0.39, 0.29) is 24.0 Å². The Kier molecular flexibility index (Phi) is 8.43. The van der Waals surface area contributed by atoms with Crippen molar-refractivity contribution in [1.29, 1.82) is 0 Å². The van der Waals surface area contributed by atoms with E-state index < -0.39 is 0 Å². The summed E-state index contributed by atoms with van der Waals surface area (Å²) in [7, 11) is 3.43. The van der Waals surface area contributed by atoms with Gasteiger partial charge in [0.05, 0.1) is 30.1 Å². The van der Waals surface area contributed by atoms with Crippen molar-refractivity contribution in [3.8, 4) is 5.88 Å². The molecule has 0 atom stereocenters. The van der Waals surface area contributed by atoms with E-state index in [9.17, 15) is 0 Å². The summed E-state index contributed by atoms with van der Waals surface area (Å²) in [5.74, 6) is 1.50. The molecule has 6 nitrogen and oxygen atoms in total. The molecule has 0 spiro atoms. The highest BCUT2D eigenvalue weighted by atomic mass is 127. The Morgan fingerprint density at radius 2 is 1.89 bits per heavy atom. The second-order valence-corrected chi connectivity index (χ2v) is 6.40. The highest BCUT2D eigenvalue weighted by Crippen LogP contribution is 2.26. The molecule has 2 aromatic rings. The number of methoxy groups -OCH3 is 1. The first-order valence-corrected chi connectivity index (χ1v) is 9.04. The molecular weight excluding hydrogens is 477 g/mol. The molecule has 2 heterocycles. The molecule has 0 amide bonds. The molecule has 1 aliphatic heterocycles. The fourth-order valence-corrected chi connectivity index (χ4v) is 3.29. The molecule has 1 aromatic carbocycles. The first kappa shape index (κ1) is 21.6. The Hall–Kier alpha value is -1.74. The third-order valence-electron chi connectivity index (χ3n) is 4.40. The van der Waals surface area contributed by atoms with Gasteiger partial charge in [0, 0.05) is 39.3 Å². The Bertz CT molecular complexity index is 765. The van der Waals surface area contributed by atoms with Crippen LogP contribution in [0.4, 0.5) is 5.69 Å². The van der Waals surface area contributed by atoms with Crippen LogP contribution in [0.25, 0.3) is 0 Å². The van der Waals surface area contributed by atoms with Gasteiger partial charge in [-0.2, -0.15) is 0 Å². The van der Waals surface area contributed by atoms with Gasteiger partial charge in [-0.3, -0.25) is 4.99 Å². The maximum atomic E-state index is 6.32. The molecule has 1 N–H and O–H groups in total. The number of nitrogens with zero attached hydrogens (tertiary/aromatic N) is 4. The molecule has 0 bridgehead atoms. The second kappa shape index (κ2) is 10.6. The fraction of sp³-hybridized carbons (Fsp3) is 0.368. The predicted octanol–water partition coefficient (Wildman–Crippen LogP) is 3.26. The van der Waals surface area contributed by atoms with Crippen molar-refractivity contribution in [3.63, 3.8) is 0 Å². The lowest BCUT2D eigenvalue weighted by molar-refractivity contribution is 0.371. The number of piperazine rings is 1. The van der Waals surface area contributed by atoms with Crippen molar-refractivity contribution in [2.45, 2.75) is 6.54 Å². The van der Waals surface area contributed by atoms with Crippen LogP contribution in [-0.4, -0.2) is 56.2 Å². The van der Waals surface area contributed by atoms with Crippen LogP contribution in [0.1, 0.15) is 5.69 Å². The van der Waals surface area contributed by atoms with Crippen LogP contribution in [-0.2, 0) is 6.54 Å². The number of halogens is 2. The van der Waals surface area contributed by atoms with Gasteiger partial charge in [0.15, 0.2) is 5.96 Å². The number of pyridine rings is 1. The summed E-state index contributed by atoms with van der Waals surface area (Å²) >= 11 is 6.32. The van der Waals surface area contributed by atoms with E-state index in [1.54, 1.807) is 7.11 Å². The summed E-state index contributed by atoms with van der Waals surface area (Å²) in [4.78, 5) is 13.4. The zero-order valence-corrected chi connectivity index (χ0v) is 18.6. The highest BCUT2D eigenvalue weighted by molar-refractivity contribution is 14.0. The number of aromatic nitrogens is 1. The number of hydrogen-bond donors (Lipinski definition) is 1. The molecule has 8 heteroatoms. The van der Waals surface area contributed by atoms with Gasteiger partial charge in [0.1, 0.15) is 0 Å². The summed E-state index contributed by atoms with van der Waals surface area (Å²) in [6.45, 7) is 4.19. The van der Waals surface area contributed by atoms with Crippen molar-refractivity contribution in [2.75, 3.05) is 45.2 Å². The number of ether oxygens (including phenoxy) is 1. The van der Waals surface area contributed by atoms with Gasteiger partial charge >= 0.3 is 0 Å². The van der Waals surface area contributed by atoms with Crippen molar-refractivity contribution in [1.82, 2.24) is 15.2 Å². The topological polar surface area (TPSA) is 53.0 Å². The van der Waals surface area contributed by atoms with Crippen LogP contribution in [0, 0.1) is 0 Å². The van der Waals surface area contributed by atoms with Gasteiger partial charge in [-0.1, -0.05) is 29.8 Å². The lowest BCUT2D eigenvalue weighted by Gasteiger charge is -2.38. The maximum absolute atomic E-state index is 6.32. The largest absolute Gasteiger partial charge is 0.481 e. The van der Waals surface area contributed by atoms with Crippen molar-refractivity contribution < 1.29 is 4.74 Å². The van der Waals surface area contributed by atoms with Gasteiger partial charge in [0.25, 0.3) is 0 Å². The van der Waals surface area contributed by atoms with E-state index in [4.69, 9.17) is 16.3 Å². The van der Waals surface area contributed by atoms with Crippen LogP contribution in [0.3, 0.4) is 0 Å². The lowest BCUT2D eigenvalue weighted by Crippen LogP contribution is -2.52. The molecular formula is C19H25ClIN5O. The fourth-order valence-electron chi connectivity index (χ4n) is 3.04.